The minimum atomic E-state index is -0.348. The van der Waals surface area contributed by atoms with Crippen LogP contribution in [0.1, 0.15) is 10.6 Å². The van der Waals surface area contributed by atoms with E-state index >= 15 is 0 Å². The van der Waals surface area contributed by atoms with Crippen LogP contribution in [0.5, 0.6) is 17.2 Å². The fourth-order valence-corrected chi connectivity index (χ4v) is 2.84. The molecule has 1 heterocycles. The lowest BCUT2D eigenvalue weighted by molar-refractivity contribution is -0.118. The molecule has 0 radical (unpaired) electrons. The fourth-order valence-electron chi connectivity index (χ4n) is 2.84. The summed E-state index contributed by atoms with van der Waals surface area (Å²) >= 11 is 0. The van der Waals surface area contributed by atoms with Gasteiger partial charge < -0.3 is 24.5 Å². The van der Waals surface area contributed by atoms with Crippen molar-refractivity contribution in [1.82, 2.24) is 0 Å². The summed E-state index contributed by atoms with van der Waals surface area (Å²) in [6.45, 7) is -0.183. The second kappa shape index (κ2) is 9.99. The number of carbonyl (C=O) groups excluding carboxylic acids is 2. The number of amides is 2. The predicted octanol–water partition coefficient (Wildman–Crippen LogP) is 5.34. The average Bonchev–Trinajstić information content (AvgIpc) is 3.36. The Morgan fingerprint density at radius 1 is 0.750 bits per heavy atom. The maximum Gasteiger partial charge on any atom is 0.291 e. The van der Waals surface area contributed by atoms with E-state index in [0.717, 1.165) is 0 Å². The van der Waals surface area contributed by atoms with Crippen molar-refractivity contribution in [1.29, 1.82) is 0 Å². The zero-order chi connectivity index (χ0) is 22.2. The zero-order valence-corrected chi connectivity index (χ0v) is 17.0. The van der Waals surface area contributed by atoms with Crippen molar-refractivity contribution in [2.24, 2.45) is 0 Å². The number of rotatable bonds is 8. The third kappa shape index (κ3) is 5.54. The normalized spacial score (nSPS) is 10.2. The van der Waals surface area contributed by atoms with Crippen molar-refractivity contribution in [3.8, 4) is 17.2 Å². The molecule has 0 fully saturated rings. The summed E-state index contributed by atoms with van der Waals surface area (Å²) in [5.41, 5.74) is 1.12. The van der Waals surface area contributed by atoms with Crippen molar-refractivity contribution < 1.29 is 23.5 Å². The van der Waals surface area contributed by atoms with Gasteiger partial charge in [-0.15, -0.1) is 0 Å². The number of hydrogen-bond acceptors (Lipinski definition) is 5. The maximum absolute atomic E-state index is 12.4. The molecule has 3 aromatic carbocycles. The quantitative estimate of drug-likeness (QED) is 0.395. The molecule has 0 saturated heterocycles. The molecule has 1 aromatic heterocycles. The Hall–Kier alpha value is -4.52. The molecule has 4 aromatic rings. The van der Waals surface area contributed by atoms with Crippen LogP contribution in [0.25, 0.3) is 0 Å². The van der Waals surface area contributed by atoms with E-state index in [1.165, 1.54) is 6.26 Å². The summed E-state index contributed by atoms with van der Waals surface area (Å²) in [5.74, 6) is 1.24. The van der Waals surface area contributed by atoms with Gasteiger partial charge in [-0.3, -0.25) is 9.59 Å². The van der Waals surface area contributed by atoms with E-state index < -0.39 is 0 Å². The standard InChI is InChI=1S/C25H20N2O5/c28-24(27-21-9-4-5-10-22(21)32-20-7-2-1-3-8-20)17-31-19-14-12-18(13-15-19)26-25(29)23-11-6-16-30-23/h1-16H,17H2,(H,26,29)(H,27,28). The summed E-state index contributed by atoms with van der Waals surface area (Å²) in [4.78, 5) is 24.4. The van der Waals surface area contributed by atoms with Gasteiger partial charge in [0.15, 0.2) is 18.1 Å². The first-order chi connectivity index (χ1) is 15.7. The van der Waals surface area contributed by atoms with Crippen LogP contribution >= 0.6 is 0 Å². The number of benzene rings is 3. The first-order valence-corrected chi connectivity index (χ1v) is 9.87. The van der Waals surface area contributed by atoms with Crippen LogP contribution < -0.4 is 20.1 Å². The molecular weight excluding hydrogens is 408 g/mol. The summed E-state index contributed by atoms with van der Waals surface area (Å²) in [7, 11) is 0. The second-order valence-electron chi connectivity index (χ2n) is 6.70. The van der Waals surface area contributed by atoms with Crippen LogP contribution in [0.3, 0.4) is 0 Å². The number of furan rings is 1. The van der Waals surface area contributed by atoms with Gasteiger partial charge >= 0.3 is 0 Å². The number of anilines is 2. The predicted molar refractivity (Wildman–Crippen MR) is 120 cm³/mol. The summed E-state index contributed by atoms with van der Waals surface area (Å²) in [6.07, 6.45) is 1.43. The van der Waals surface area contributed by atoms with E-state index in [9.17, 15) is 9.59 Å². The maximum atomic E-state index is 12.4. The Morgan fingerprint density at radius 2 is 1.50 bits per heavy atom. The highest BCUT2D eigenvalue weighted by atomic mass is 16.5. The third-order valence-electron chi connectivity index (χ3n) is 4.36. The van der Waals surface area contributed by atoms with Gasteiger partial charge in [-0.1, -0.05) is 30.3 Å². The lowest BCUT2D eigenvalue weighted by Crippen LogP contribution is -2.20. The van der Waals surface area contributed by atoms with Gasteiger partial charge in [0, 0.05) is 5.69 Å². The molecule has 0 spiro atoms. The largest absolute Gasteiger partial charge is 0.484 e. The summed E-state index contributed by atoms with van der Waals surface area (Å²) in [6, 6.07) is 26.4. The van der Waals surface area contributed by atoms with E-state index in [1.807, 2.05) is 42.5 Å². The highest BCUT2D eigenvalue weighted by Crippen LogP contribution is 2.29. The van der Waals surface area contributed by atoms with Crippen molar-refractivity contribution >= 4 is 23.2 Å². The first kappa shape index (κ1) is 20.7. The summed E-state index contributed by atoms with van der Waals surface area (Å²) in [5, 5.41) is 5.51. The highest BCUT2D eigenvalue weighted by molar-refractivity contribution is 6.02. The summed E-state index contributed by atoms with van der Waals surface area (Å²) < 4.78 is 16.5. The van der Waals surface area contributed by atoms with E-state index in [2.05, 4.69) is 10.6 Å². The number of para-hydroxylation sites is 3. The molecule has 0 bridgehead atoms. The minimum Gasteiger partial charge on any atom is -0.484 e. The molecule has 0 saturated carbocycles. The SMILES string of the molecule is O=C(COc1ccc(NC(=O)c2ccco2)cc1)Nc1ccccc1Oc1ccccc1. The molecular formula is C25H20N2O5. The monoisotopic (exact) mass is 428 g/mol. The van der Waals surface area contributed by atoms with E-state index in [4.69, 9.17) is 13.9 Å². The van der Waals surface area contributed by atoms with Gasteiger partial charge in [0.2, 0.25) is 0 Å². The molecule has 0 unspecified atom stereocenters. The fraction of sp³-hybridized carbons (Fsp3) is 0.0400. The van der Waals surface area contributed by atoms with Gasteiger partial charge in [-0.05, 0) is 60.7 Å². The van der Waals surface area contributed by atoms with Gasteiger partial charge in [0.1, 0.15) is 11.5 Å². The van der Waals surface area contributed by atoms with Crippen molar-refractivity contribution in [3.63, 3.8) is 0 Å². The smallest absolute Gasteiger partial charge is 0.291 e. The van der Waals surface area contributed by atoms with Crippen molar-refractivity contribution in [3.05, 3.63) is 103 Å². The van der Waals surface area contributed by atoms with Crippen molar-refractivity contribution in [2.45, 2.75) is 0 Å². The molecule has 160 valence electrons. The molecule has 32 heavy (non-hydrogen) atoms. The number of ether oxygens (including phenoxy) is 2. The number of nitrogens with one attached hydrogen (secondary N) is 2. The zero-order valence-electron chi connectivity index (χ0n) is 17.0. The van der Waals surface area contributed by atoms with Gasteiger partial charge in [-0.25, -0.2) is 0 Å². The average molecular weight is 428 g/mol. The molecule has 2 N–H and O–H groups in total. The topological polar surface area (TPSA) is 89.8 Å². The second-order valence-corrected chi connectivity index (χ2v) is 6.70. The van der Waals surface area contributed by atoms with Crippen LogP contribution in [0, 0.1) is 0 Å². The highest BCUT2D eigenvalue weighted by Gasteiger charge is 2.11. The lowest BCUT2D eigenvalue weighted by atomic mass is 10.3. The van der Waals surface area contributed by atoms with Crippen LogP contribution in [-0.4, -0.2) is 18.4 Å². The van der Waals surface area contributed by atoms with Crippen molar-refractivity contribution in [2.75, 3.05) is 17.2 Å². The Labute approximate surface area is 184 Å². The molecule has 4 rings (SSSR count). The van der Waals surface area contributed by atoms with Crippen LogP contribution in [0.15, 0.2) is 102 Å². The van der Waals surface area contributed by atoms with E-state index in [0.29, 0.717) is 28.6 Å². The number of carbonyl (C=O) groups is 2. The Balaban J connectivity index is 1.30. The lowest BCUT2D eigenvalue weighted by Gasteiger charge is -2.13. The Bertz CT molecular complexity index is 1170. The van der Waals surface area contributed by atoms with E-state index in [1.54, 1.807) is 48.5 Å². The van der Waals surface area contributed by atoms with Gasteiger partial charge in [-0.2, -0.15) is 0 Å². The minimum absolute atomic E-state index is 0.183. The Kier molecular flexibility index (Phi) is 6.48. The van der Waals surface area contributed by atoms with Crippen LogP contribution in [0.2, 0.25) is 0 Å². The third-order valence-corrected chi connectivity index (χ3v) is 4.36. The molecule has 7 nitrogen and oxygen atoms in total. The van der Waals surface area contributed by atoms with Gasteiger partial charge in [0.25, 0.3) is 11.8 Å². The van der Waals surface area contributed by atoms with Gasteiger partial charge in [0.05, 0.1) is 12.0 Å². The van der Waals surface area contributed by atoms with E-state index in [-0.39, 0.29) is 24.2 Å². The Morgan fingerprint density at radius 3 is 2.25 bits per heavy atom. The first-order valence-electron chi connectivity index (χ1n) is 9.87. The van der Waals surface area contributed by atoms with Crippen LogP contribution in [-0.2, 0) is 4.79 Å². The molecule has 0 aliphatic rings. The molecule has 2 amide bonds. The van der Waals surface area contributed by atoms with Crippen LogP contribution in [0.4, 0.5) is 11.4 Å². The number of hydrogen-bond donors (Lipinski definition) is 2. The molecule has 0 aliphatic heterocycles. The molecule has 7 heteroatoms. The molecule has 0 atom stereocenters. The molecule has 0 aliphatic carbocycles.